The van der Waals surface area contributed by atoms with Crippen molar-refractivity contribution in [3.05, 3.63) is 11.6 Å². The van der Waals surface area contributed by atoms with Crippen molar-refractivity contribution in [2.45, 2.75) is 40.3 Å². The third kappa shape index (κ3) is 2.94. The fraction of sp³-hybridized carbons (Fsp3) is 0.769. The van der Waals surface area contributed by atoms with Crippen molar-refractivity contribution in [2.24, 2.45) is 0 Å². The molecule has 0 saturated carbocycles. The molecule has 0 bridgehead atoms. The molecule has 106 valence electrons. The summed E-state index contributed by atoms with van der Waals surface area (Å²) in [5, 5.41) is 8.35. The summed E-state index contributed by atoms with van der Waals surface area (Å²) in [6.45, 7) is 10.7. The van der Waals surface area contributed by atoms with Crippen molar-refractivity contribution >= 4 is 5.91 Å². The number of aryl methyl sites for hydroxylation is 1. The number of hydrogen-bond acceptors (Lipinski definition) is 4. The first-order chi connectivity index (χ1) is 9.19. The Morgan fingerprint density at radius 3 is 2.58 bits per heavy atom. The molecule has 0 aliphatic carbocycles. The zero-order valence-electron chi connectivity index (χ0n) is 12.1. The molecule has 0 fully saturated rings. The fourth-order valence-electron chi connectivity index (χ4n) is 2.43. The quantitative estimate of drug-likeness (QED) is 0.779. The zero-order valence-corrected chi connectivity index (χ0v) is 12.1. The van der Waals surface area contributed by atoms with Crippen molar-refractivity contribution in [1.82, 2.24) is 24.6 Å². The summed E-state index contributed by atoms with van der Waals surface area (Å²) in [4.78, 5) is 16.3. The van der Waals surface area contributed by atoms with E-state index in [1.807, 2.05) is 4.90 Å². The molecule has 0 unspecified atom stereocenters. The van der Waals surface area contributed by atoms with Crippen LogP contribution in [0.15, 0.2) is 0 Å². The van der Waals surface area contributed by atoms with E-state index < -0.39 is 0 Å². The maximum atomic E-state index is 12.2. The molecule has 1 aromatic heterocycles. The molecule has 2 heterocycles. The number of rotatable bonds is 5. The van der Waals surface area contributed by atoms with Gasteiger partial charge in [0.15, 0.2) is 5.82 Å². The molecule has 0 spiro atoms. The van der Waals surface area contributed by atoms with E-state index in [-0.39, 0.29) is 5.91 Å². The standard InChI is InChI=1S/C13H23N5O/c1-4-11-14-15-12-9-17(7-8-18(11)12)13(19)10-16(5-2)6-3/h4-10H2,1-3H3. The molecule has 19 heavy (non-hydrogen) atoms. The second-order valence-corrected chi connectivity index (χ2v) is 4.81. The molecule has 1 aromatic rings. The minimum Gasteiger partial charge on any atom is -0.332 e. The van der Waals surface area contributed by atoms with Crippen LogP contribution < -0.4 is 0 Å². The molecular formula is C13H23N5O. The third-order valence-electron chi connectivity index (χ3n) is 3.75. The number of nitrogens with zero attached hydrogens (tertiary/aromatic N) is 5. The van der Waals surface area contributed by atoms with Crippen LogP contribution in [0.25, 0.3) is 0 Å². The van der Waals surface area contributed by atoms with Gasteiger partial charge in [0, 0.05) is 19.5 Å². The molecule has 1 aliphatic rings. The van der Waals surface area contributed by atoms with Gasteiger partial charge in [0.2, 0.25) is 5.91 Å². The van der Waals surface area contributed by atoms with Gasteiger partial charge in [-0.1, -0.05) is 20.8 Å². The average Bonchev–Trinajstić information content (AvgIpc) is 2.86. The van der Waals surface area contributed by atoms with Crippen LogP contribution in [-0.2, 0) is 24.3 Å². The van der Waals surface area contributed by atoms with Gasteiger partial charge < -0.3 is 9.47 Å². The largest absolute Gasteiger partial charge is 0.332 e. The van der Waals surface area contributed by atoms with Gasteiger partial charge in [-0.05, 0) is 13.1 Å². The summed E-state index contributed by atoms with van der Waals surface area (Å²) in [5.41, 5.74) is 0. The lowest BCUT2D eigenvalue weighted by Crippen LogP contribution is -2.44. The smallest absolute Gasteiger partial charge is 0.237 e. The summed E-state index contributed by atoms with van der Waals surface area (Å²) < 4.78 is 2.14. The number of amides is 1. The number of aromatic nitrogens is 3. The first kappa shape index (κ1) is 14.0. The normalized spacial score (nSPS) is 14.8. The Bertz CT molecular complexity index is 438. The highest BCUT2D eigenvalue weighted by Crippen LogP contribution is 2.13. The Kier molecular flexibility index (Phi) is 4.52. The molecule has 0 saturated heterocycles. The predicted molar refractivity (Wildman–Crippen MR) is 72.6 cm³/mol. The molecule has 0 aromatic carbocycles. The van der Waals surface area contributed by atoms with Gasteiger partial charge in [-0.25, -0.2) is 0 Å². The van der Waals surface area contributed by atoms with E-state index in [4.69, 9.17) is 0 Å². The van der Waals surface area contributed by atoms with Crippen molar-refractivity contribution < 1.29 is 4.79 Å². The molecule has 0 radical (unpaired) electrons. The predicted octanol–water partition coefficient (Wildman–Crippen LogP) is 0.524. The number of carbonyl (C=O) groups excluding carboxylic acids is 1. The van der Waals surface area contributed by atoms with Crippen LogP contribution in [0, 0.1) is 0 Å². The van der Waals surface area contributed by atoms with E-state index in [1.54, 1.807) is 0 Å². The SMILES string of the molecule is CCc1nnc2n1CCN(C(=O)CN(CC)CC)C2. The van der Waals surface area contributed by atoms with Gasteiger partial charge in [-0.15, -0.1) is 10.2 Å². The first-order valence-electron chi connectivity index (χ1n) is 7.10. The Morgan fingerprint density at radius 1 is 1.21 bits per heavy atom. The molecule has 0 atom stereocenters. The van der Waals surface area contributed by atoms with Gasteiger partial charge in [0.05, 0.1) is 13.1 Å². The highest BCUT2D eigenvalue weighted by molar-refractivity contribution is 5.78. The monoisotopic (exact) mass is 265 g/mol. The Labute approximate surface area is 114 Å². The van der Waals surface area contributed by atoms with Crippen molar-refractivity contribution in [1.29, 1.82) is 0 Å². The molecule has 6 nitrogen and oxygen atoms in total. The topological polar surface area (TPSA) is 54.3 Å². The Morgan fingerprint density at radius 2 is 1.95 bits per heavy atom. The first-order valence-corrected chi connectivity index (χ1v) is 7.10. The minimum absolute atomic E-state index is 0.191. The van der Waals surface area contributed by atoms with E-state index in [9.17, 15) is 4.79 Å². The lowest BCUT2D eigenvalue weighted by Gasteiger charge is -2.29. The van der Waals surface area contributed by atoms with E-state index in [0.717, 1.165) is 44.2 Å². The fourth-order valence-corrected chi connectivity index (χ4v) is 2.43. The van der Waals surface area contributed by atoms with Crippen LogP contribution in [0.4, 0.5) is 0 Å². The average molecular weight is 265 g/mol. The van der Waals surface area contributed by atoms with Gasteiger partial charge in [-0.3, -0.25) is 9.69 Å². The minimum atomic E-state index is 0.191. The van der Waals surface area contributed by atoms with Gasteiger partial charge in [0.1, 0.15) is 5.82 Å². The summed E-state index contributed by atoms with van der Waals surface area (Å²) in [5.74, 6) is 2.12. The van der Waals surface area contributed by atoms with Crippen LogP contribution in [0.2, 0.25) is 0 Å². The Balaban J connectivity index is 1.99. The maximum Gasteiger partial charge on any atom is 0.237 e. The lowest BCUT2D eigenvalue weighted by atomic mass is 10.3. The maximum absolute atomic E-state index is 12.2. The summed E-state index contributed by atoms with van der Waals surface area (Å²) in [6, 6.07) is 0. The van der Waals surface area contributed by atoms with Crippen molar-refractivity contribution in [3.63, 3.8) is 0 Å². The van der Waals surface area contributed by atoms with Gasteiger partial charge in [-0.2, -0.15) is 0 Å². The summed E-state index contributed by atoms with van der Waals surface area (Å²) in [6.07, 6.45) is 0.889. The van der Waals surface area contributed by atoms with E-state index >= 15 is 0 Å². The zero-order chi connectivity index (χ0) is 13.8. The summed E-state index contributed by atoms with van der Waals surface area (Å²) >= 11 is 0. The number of fused-ring (bicyclic) bond motifs is 1. The van der Waals surface area contributed by atoms with E-state index in [1.165, 1.54) is 0 Å². The van der Waals surface area contributed by atoms with Crippen LogP contribution in [-0.4, -0.2) is 56.7 Å². The number of carbonyl (C=O) groups is 1. The molecular weight excluding hydrogens is 242 g/mol. The van der Waals surface area contributed by atoms with Crippen LogP contribution in [0.3, 0.4) is 0 Å². The molecule has 0 N–H and O–H groups in total. The van der Waals surface area contributed by atoms with E-state index in [0.29, 0.717) is 13.1 Å². The van der Waals surface area contributed by atoms with Crippen molar-refractivity contribution in [3.8, 4) is 0 Å². The second-order valence-electron chi connectivity index (χ2n) is 4.81. The van der Waals surface area contributed by atoms with Crippen LogP contribution in [0.1, 0.15) is 32.4 Å². The molecule has 2 rings (SSSR count). The van der Waals surface area contributed by atoms with Crippen LogP contribution in [0.5, 0.6) is 0 Å². The Hall–Kier alpha value is -1.43. The van der Waals surface area contributed by atoms with E-state index in [2.05, 4.69) is 40.4 Å². The van der Waals surface area contributed by atoms with Gasteiger partial charge in [0.25, 0.3) is 0 Å². The number of likely N-dealkylation sites (N-methyl/N-ethyl adjacent to an activating group) is 1. The molecule has 6 heteroatoms. The summed E-state index contributed by atoms with van der Waals surface area (Å²) in [7, 11) is 0. The highest BCUT2D eigenvalue weighted by Gasteiger charge is 2.24. The highest BCUT2D eigenvalue weighted by atomic mass is 16.2. The number of hydrogen-bond donors (Lipinski definition) is 0. The van der Waals surface area contributed by atoms with Gasteiger partial charge >= 0.3 is 0 Å². The van der Waals surface area contributed by atoms with Crippen molar-refractivity contribution in [2.75, 3.05) is 26.2 Å². The molecule has 1 amide bonds. The van der Waals surface area contributed by atoms with Crippen LogP contribution >= 0.6 is 0 Å². The lowest BCUT2D eigenvalue weighted by molar-refractivity contribution is -0.133. The second kappa shape index (κ2) is 6.14. The third-order valence-corrected chi connectivity index (χ3v) is 3.75. The molecule has 1 aliphatic heterocycles.